The minimum Gasteiger partial charge on any atom is -0.393 e. The Balaban J connectivity index is 1.67. The number of hydrogen-bond donors (Lipinski definition) is 2. The summed E-state index contributed by atoms with van der Waals surface area (Å²) < 4.78 is 0. The highest BCUT2D eigenvalue weighted by Crippen LogP contribution is 2.75. The maximum absolute atomic E-state index is 12.9. The second-order valence-electron chi connectivity index (χ2n) is 14.3. The van der Waals surface area contributed by atoms with Gasteiger partial charge in [0, 0.05) is 11.8 Å². The molecule has 0 aromatic heterocycles. The maximum atomic E-state index is 12.9. The molecule has 0 aliphatic heterocycles. The van der Waals surface area contributed by atoms with Crippen LogP contribution in [0.5, 0.6) is 0 Å². The van der Waals surface area contributed by atoms with Crippen molar-refractivity contribution >= 4 is 5.78 Å². The normalized spacial score (nSPS) is 48.3. The number of ketones is 1. The zero-order valence-electron chi connectivity index (χ0n) is 22.6. The fraction of sp³-hybridized carbons (Fsp3) is 0.900. The molecule has 4 aliphatic rings. The minimum atomic E-state index is -0.751. The topological polar surface area (TPSA) is 57.5 Å². The van der Waals surface area contributed by atoms with Gasteiger partial charge in [-0.2, -0.15) is 0 Å². The molecule has 9 atom stereocenters. The van der Waals surface area contributed by atoms with E-state index < -0.39 is 5.60 Å². The number of carbonyl (C=O) groups excluding carboxylic acids is 1. The molecule has 4 aliphatic carbocycles. The van der Waals surface area contributed by atoms with Crippen LogP contribution in [0.4, 0.5) is 0 Å². The highest BCUT2D eigenvalue weighted by molar-refractivity contribution is 5.85. The summed E-state index contributed by atoms with van der Waals surface area (Å²) in [4.78, 5) is 12.9. The molecular weight excluding hydrogens is 408 g/mol. The molecule has 0 aromatic carbocycles. The molecule has 4 fully saturated rings. The van der Waals surface area contributed by atoms with Crippen LogP contribution in [0, 0.1) is 45.3 Å². The summed E-state index contributed by atoms with van der Waals surface area (Å²) in [6, 6.07) is 0. The summed E-state index contributed by atoms with van der Waals surface area (Å²) in [6.45, 7) is 18.0. The lowest BCUT2D eigenvalue weighted by Crippen LogP contribution is -2.66. The average molecular weight is 459 g/mol. The van der Waals surface area contributed by atoms with Gasteiger partial charge in [0.25, 0.3) is 0 Å². The fourth-order valence-electron chi connectivity index (χ4n) is 10.1. The van der Waals surface area contributed by atoms with E-state index in [1.807, 2.05) is 6.92 Å². The smallest absolute Gasteiger partial charge is 0.138 e. The molecule has 33 heavy (non-hydrogen) atoms. The lowest BCUT2D eigenvalue weighted by atomic mass is 9.35. The van der Waals surface area contributed by atoms with Gasteiger partial charge in [-0.15, -0.1) is 0 Å². The van der Waals surface area contributed by atoms with Gasteiger partial charge in [-0.3, -0.25) is 4.79 Å². The molecule has 188 valence electrons. The van der Waals surface area contributed by atoms with Crippen LogP contribution in [0.1, 0.15) is 113 Å². The third-order valence-corrected chi connectivity index (χ3v) is 12.1. The summed E-state index contributed by atoms with van der Waals surface area (Å²) in [5.41, 5.74) is 0.560. The molecule has 0 bridgehead atoms. The van der Waals surface area contributed by atoms with Crippen LogP contribution in [-0.4, -0.2) is 27.7 Å². The van der Waals surface area contributed by atoms with Gasteiger partial charge in [0.2, 0.25) is 0 Å². The van der Waals surface area contributed by atoms with Crippen molar-refractivity contribution in [1.29, 1.82) is 0 Å². The zero-order chi connectivity index (χ0) is 24.6. The van der Waals surface area contributed by atoms with Crippen molar-refractivity contribution in [2.24, 2.45) is 45.3 Å². The Bertz CT molecular complexity index is 820. The molecule has 4 unspecified atom stereocenters. The standard InChI is InChI=1S/C30H50O3/c1-19(2)10-9-14-30(8,33)20-11-16-29(7)25(20)21(31)18-23-27(5)15-13-24(32)26(3,4)22(27)12-17-28(23,29)6/h10,20-23,25,31,33H,9,11-18H2,1-8H3/t20?,21-,22?,23?,25?,27+,28-,29-,30+/m1/s1. The van der Waals surface area contributed by atoms with Gasteiger partial charge in [-0.25, -0.2) is 0 Å². The Kier molecular flexibility index (Phi) is 6.10. The van der Waals surface area contributed by atoms with Gasteiger partial charge in [-0.05, 0) is 112 Å². The third-order valence-electron chi connectivity index (χ3n) is 12.1. The Hall–Kier alpha value is -0.670. The van der Waals surface area contributed by atoms with Crippen molar-refractivity contribution in [3.8, 4) is 0 Å². The summed E-state index contributed by atoms with van der Waals surface area (Å²) in [5, 5.41) is 23.4. The first-order valence-corrected chi connectivity index (χ1v) is 13.7. The van der Waals surface area contributed by atoms with Crippen LogP contribution >= 0.6 is 0 Å². The Morgan fingerprint density at radius 1 is 1.03 bits per heavy atom. The number of carbonyl (C=O) groups is 1. The van der Waals surface area contributed by atoms with E-state index >= 15 is 0 Å². The Labute approximate surface area is 202 Å². The van der Waals surface area contributed by atoms with Gasteiger partial charge in [0.15, 0.2) is 0 Å². The number of allylic oxidation sites excluding steroid dienone is 2. The van der Waals surface area contributed by atoms with E-state index in [2.05, 4.69) is 54.5 Å². The number of aliphatic hydroxyl groups excluding tert-OH is 1. The number of Topliss-reactive ketones (excluding diaryl/α,β-unsaturated/α-hetero) is 1. The number of aliphatic hydroxyl groups is 2. The average Bonchev–Trinajstić information content (AvgIpc) is 3.08. The van der Waals surface area contributed by atoms with E-state index in [1.54, 1.807) is 0 Å². The van der Waals surface area contributed by atoms with Gasteiger partial charge >= 0.3 is 0 Å². The van der Waals surface area contributed by atoms with Gasteiger partial charge in [-0.1, -0.05) is 46.3 Å². The zero-order valence-corrected chi connectivity index (χ0v) is 22.6. The quantitative estimate of drug-likeness (QED) is 0.460. The lowest BCUT2D eigenvalue weighted by Gasteiger charge is -2.69. The first-order chi connectivity index (χ1) is 15.1. The monoisotopic (exact) mass is 458 g/mol. The number of hydrogen-bond acceptors (Lipinski definition) is 3. The van der Waals surface area contributed by atoms with E-state index in [1.165, 1.54) is 5.57 Å². The van der Waals surface area contributed by atoms with Crippen LogP contribution in [0.2, 0.25) is 0 Å². The van der Waals surface area contributed by atoms with Crippen LogP contribution < -0.4 is 0 Å². The van der Waals surface area contributed by atoms with E-state index in [0.29, 0.717) is 24.0 Å². The highest BCUT2D eigenvalue weighted by atomic mass is 16.3. The summed E-state index contributed by atoms with van der Waals surface area (Å²) in [5.74, 6) is 1.57. The molecule has 3 heteroatoms. The molecule has 0 spiro atoms. The molecule has 0 heterocycles. The molecule has 0 amide bonds. The molecule has 4 saturated carbocycles. The third kappa shape index (κ3) is 3.53. The van der Waals surface area contributed by atoms with E-state index in [4.69, 9.17) is 0 Å². The van der Waals surface area contributed by atoms with Crippen LogP contribution in [0.25, 0.3) is 0 Å². The SMILES string of the molecule is CC(C)=CCC[C@](C)(O)C1CC[C@]2(C)C1[C@H](O)CC1[C@@]3(C)CCC(=O)C(C)(C)C3CC[C@]12C. The van der Waals surface area contributed by atoms with E-state index in [0.717, 1.165) is 51.4 Å². The maximum Gasteiger partial charge on any atom is 0.138 e. The van der Waals surface area contributed by atoms with Crippen LogP contribution in [-0.2, 0) is 4.79 Å². The second kappa shape index (κ2) is 7.92. The molecule has 0 radical (unpaired) electrons. The molecule has 3 nitrogen and oxygen atoms in total. The molecular formula is C30H50O3. The summed E-state index contributed by atoms with van der Waals surface area (Å²) >= 11 is 0. The van der Waals surface area contributed by atoms with Crippen molar-refractivity contribution in [2.45, 2.75) is 125 Å². The number of rotatable bonds is 4. The summed E-state index contributed by atoms with van der Waals surface area (Å²) in [6.07, 6.45) is 10.4. The molecule has 2 N–H and O–H groups in total. The van der Waals surface area contributed by atoms with E-state index in [9.17, 15) is 15.0 Å². The second-order valence-corrected chi connectivity index (χ2v) is 14.3. The predicted molar refractivity (Wildman–Crippen MR) is 135 cm³/mol. The molecule has 0 saturated heterocycles. The first-order valence-electron chi connectivity index (χ1n) is 13.7. The Morgan fingerprint density at radius 2 is 1.67 bits per heavy atom. The molecule has 4 rings (SSSR count). The van der Waals surface area contributed by atoms with Crippen molar-refractivity contribution in [1.82, 2.24) is 0 Å². The first kappa shape index (κ1) is 25.4. The minimum absolute atomic E-state index is 0.0279. The number of fused-ring (bicyclic) bond motifs is 5. The lowest BCUT2D eigenvalue weighted by molar-refractivity contribution is -0.232. The van der Waals surface area contributed by atoms with Crippen LogP contribution in [0.3, 0.4) is 0 Å². The van der Waals surface area contributed by atoms with Gasteiger partial charge in [0.05, 0.1) is 11.7 Å². The van der Waals surface area contributed by atoms with Crippen molar-refractivity contribution < 1.29 is 15.0 Å². The largest absolute Gasteiger partial charge is 0.393 e. The fourth-order valence-corrected chi connectivity index (χ4v) is 10.1. The predicted octanol–water partition coefficient (Wildman–Crippen LogP) is 6.71. The van der Waals surface area contributed by atoms with Gasteiger partial charge in [0.1, 0.15) is 5.78 Å². The summed E-state index contributed by atoms with van der Waals surface area (Å²) in [7, 11) is 0. The van der Waals surface area contributed by atoms with Crippen molar-refractivity contribution in [3.05, 3.63) is 11.6 Å². The van der Waals surface area contributed by atoms with Crippen molar-refractivity contribution in [3.63, 3.8) is 0 Å². The van der Waals surface area contributed by atoms with Crippen LogP contribution in [0.15, 0.2) is 11.6 Å². The van der Waals surface area contributed by atoms with Crippen molar-refractivity contribution in [2.75, 3.05) is 0 Å². The molecule has 0 aromatic rings. The van der Waals surface area contributed by atoms with Gasteiger partial charge < -0.3 is 10.2 Å². The van der Waals surface area contributed by atoms with E-state index in [-0.39, 0.29) is 39.6 Å². The highest BCUT2D eigenvalue weighted by Gasteiger charge is 2.71. The Morgan fingerprint density at radius 3 is 2.30 bits per heavy atom.